The van der Waals surface area contributed by atoms with Crippen molar-refractivity contribution in [1.29, 1.82) is 0 Å². The molecule has 1 N–H and O–H groups in total. The van der Waals surface area contributed by atoms with Crippen LogP contribution in [-0.2, 0) is 9.16 Å². The molecule has 2 atom stereocenters. The molecule has 4 heteroatoms. The number of rotatable bonds is 3. The Bertz CT molecular complexity index is 223. The topological polar surface area (TPSA) is 38.7 Å². The Balaban J connectivity index is 2.54. The summed E-state index contributed by atoms with van der Waals surface area (Å²) in [5, 5.41) is 10.2. The molecular formula is C12H26O3Si. The van der Waals surface area contributed by atoms with Crippen LogP contribution < -0.4 is 0 Å². The summed E-state index contributed by atoms with van der Waals surface area (Å²) in [5.41, 5.74) is -0.362. The van der Waals surface area contributed by atoms with Crippen molar-refractivity contribution in [3.05, 3.63) is 0 Å². The number of aliphatic hydroxyl groups is 1. The number of aliphatic hydroxyl groups excluding tert-OH is 1. The smallest absolute Gasteiger partial charge is 0.167 e. The summed E-state index contributed by atoms with van der Waals surface area (Å²) in [4.78, 5) is 0. The summed E-state index contributed by atoms with van der Waals surface area (Å²) in [6.07, 6.45) is 1.23. The van der Waals surface area contributed by atoms with Crippen LogP contribution in [0, 0.1) is 0 Å². The van der Waals surface area contributed by atoms with Crippen LogP contribution >= 0.6 is 0 Å². The van der Waals surface area contributed by atoms with Crippen LogP contribution in [0.1, 0.15) is 47.5 Å². The first kappa shape index (κ1) is 14.2. The third-order valence-electron chi connectivity index (χ3n) is 2.85. The van der Waals surface area contributed by atoms with Crippen molar-refractivity contribution in [2.45, 2.75) is 70.3 Å². The molecule has 1 heterocycles. The lowest BCUT2D eigenvalue weighted by Gasteiger charge is -2.41. The summed E-state index contributed by atoms with van der Waals surface area (Å²) < 4.78 is 11.7. The van der Waals surface area contributed by atoms with Gasteiger partial charge >= 0.3 is 0 Å². The second-order valence-electron chi connectivity index (χ2n) is 6.45. The minimum absolute atomic E-state index is 0.170. The van der Waals surface area contributed by atoms with Gasteiger partial charge in [0.2, 0.25) is 0 Å². The zero-order valence-corrected chi connectivity index (χ0v) is 12.7. The van der Waals surface area contributed by atoms with Crippen molar-refractivity contribution < 1.29 is 14.3 Å². The van der Waals surface area contributed by atoms with Crippen molar-refractivity contribution in [3.8, 4) is 0 Å². The quantitative estimate of drug-likeness (QED) is 0.769. The van der Waals surface area contributed by atoms with Gasteiger partial charge < -0.3 is 14.3 Å². The average Bonchev–Trinajstić information content (AvgIpc) is 2.14. The molecule has 16 heavy (non-hydrogen) atoms. The van der Waals surface area contributed by atoms with Crippen molar-refractivity contribution in [2.24, 2.45) is 0 Å². The van der Waals surface area contributed by atoms with Gasteiger partial charge in [-0.15, -0.1) is 0 Å². The van der Waals surface area contributed by atoms with Crippen LogP contribution in [0.4, 0.5) is 0 Å². The van der Waals surface area contributed by atoms with Crippen LogP contribution in [0.25, 0.3) is 0 Å². The Hall–Kier alpha value is 0.0969. The second-order valence-corrected chi connectivity index (χ2v) is 9.15. The first-order valence-corrected chi connectivity index (χ1v) is 7.44. The molecular weight excluding hydrogens is 220 g/mol. The van der Waals surface area contributed by atoms with E-state index in [9.17, 15) is 5.11 Å². The molecule has 1 saturated heterocycles. The molecule has 3 nitrogen and oxygen atoms in total. The second kappa shape index (κ2) is 5.17. The van der Waals surface area contributed by atoms with E-state index in [0.717, 1.165) is 19.4 Å². The van der Waals surface area contributed by atoms with E-state index in [-0.39, 0.29) is 22.8 Å². The maximum atomic E-state index is 9.94. The molecule has 1 aliphatic rings. The number of hydrogen-bond donors (Lipinski definition) is 1. The van der Waals surface area contributed by atoms with Gasteiger partial charge in [0.1, 0.15) is 6.10 Å². The lowest BCUT2D eigenvalue weighted by Crippen LogP contribution is -2.51. The highest BCUT2D eigenvalue weighted by Gasteiger charge is 2.38. The van der Waals surface area contributed by atoms with Gasteiger partial charge in [-0.3, -0.25) is 0 Å². The summed E-state index contributed by atoms with van der Waals surface area (Å²) in [5.74, 6) is 0. The molecule has 0 saturated carbocycles. The Morgan fingerprint density at radius 2 is 1.88 bits per heavy atom. The average molecular weight is 246 g/mol. The van der Waals surface area contributed by atoms with Crippen molar-refractivity contribution in [3.63, 3.8) is 0 Å². The normalized spacial score (nSPS) is 28.9. The highest BCUT2D eigenvalue weighted by atomic mass is 28.2. The third kappa shape index (κ3) is 4.16. The SMILES string of the molecule is CC(C)(C)[SiH2]OC(C)(C)[C@@H]1OCCC[C@H]1O. The van der Waals surface area contributed by atoms with Crippen molar-refractivity contribution in [2.75, 3.05) is 6.61 Å². The van der Waals surface area contributed by atoms with E-state index in [0.29, 0.717) is 0 Å². The van der Waals surface area contributed by atoms with E-state index < -0.39 is 9.76 Å². The highest BCUT2D eigenvalue weighted by molar-refractivity contribution is 6.31. The van der Waals surface area contributed by atoms with Crippen LogP contribution in [0.15, 0.2) is 0 Å². The highest BCUT2D eigenvalue weighted by Crippen LogP contribution is 2.29. The number of ether oxygens (including phenoxy) is 1. The lowest BCUT2D eigenvalue weighted by atomic mass is 9.92. The Kier molecular flexibility index (Phi) is 4.57. The van der Waals surface area contributed by atoms with Crippen LogP contribution in [-0.4, -0.2) is 39.3 Å². The first-order valence-electron chi connectivity index (χ1n) is 6.16. The van der Waals surface area contributed by atoms with E-state index in [2.05, 4.69) is 20.8 Å². The summed E-state index contributed by atoms with van der Waals surface area (Å²) in [7, 11) is -0.613. The standard InChI is InChI=1S/C12H26O3Si/c1-11(2,3)16-15-12(4,5)10-9(13)7-6-8-14-10/h9-10,13H,6-8,16H2,1-5H3/t9-,10-/m1/s1. The van der Waals surface area contributed by atoms with E-state index in [1.54, 1.807) is 0 Å². The van der Waals surface area contributed by atoms with Gasteiger partial charge in [-0.2, -0.15) is 0 Å². The molecule has 0 aromatic heterocycles. The van der Waals surface area contributed by atoms with Gasteiger partial charge in [0.25, 0.3) is 0 Å². The van der Waals surface area contributed by atoms with Crippen LogP contribution in [0.3, 0.4) is 0 Å². The maximum Gasteiger partial charge on any atom is 0.167 e. The molecule has 0 aromatic carbocycles. The van der Waals surface area contributed by atoms with Crippen LogP contribution in [0.2, 0.25) is 5.04 Å². The molecule has 0 aromatic rings. The fraction of sp³-hybridized carbons (Fsp3) is 1.00. The van der Waals surface area contributed by atoms with Gasteiger partial charge in [-0.1, -0.05) is 20.8 Å². The van der Waals surface area contributed by atoms with Gasteiger partial charge in [0.15, 0.2) is 9.76 Å². The largest absolute Gasteiger partial charge is 0.416 e. The minimum atomic E-state index is -0.613. The fourth-order valence-electron chi connectivity index (χ4n) is 1.91. The fourth-order valence-corrected chi connectivity index (χ4v) is 2.88. The van der Waals surface area contributed by atoms with Gasteiger partial charge in [-0.05, 0) is 31.7 Å². The molecule has 0 unspecified atom stereocenters. The molecule has 0 aliphatic carbocycles. The molecule has 0 radical (unpaired) electrons. The Morgan fingerprint density at radius 1 is 1.25 bits per heavy atom. The van der Waals surface area contributed by atoms with Gasteiger partial charge in [-0.25, -0.2) is 0 Å². The van der Waals surface area contributed by atoms with E-state index in [1.807, 2.05) is 13.8 Å². The van der Waals surface area contributed by atoms with Gasteiger partial charge in [0, 0.05) is 6.61 Å². The summed E-state index contributed by atoms with van der Waals surface area (Å²) in [6, 6.07) is 0. The van der Waals surface area contributed by atoms with Gasteiger partial charge in [0.05, 0.1) is 11.7 Å². The first-order chi connectivity index (χ1) is 7.22. The lowest BCUT2D eigenvalue weighted by molar-refractivity contribution is -0.151. The minimum Gasteiger partial charge on any atom is -0.416 e. The molecule has 96 valence electrons. The Morgan fingerprint density at radius 3 is 2.38 bits per heavy atom. The van der Waals surface area contributed by atoms with Crippen LogP contribution in [0.5, 0.6) is 0 Å². The predicted octanol–water partition coefficient (Wildman–Crippen LogP) is 1.62. The van der Waals surface area contributed by atoms with E-state index in [1.165, 1.54) is 0 Å². The molecule has 1 fully saturated rings. The monoisotopic (exact) mass is 246 g/mol. The summed E-state index contributed by atoms with van der Waals surface area (Å²) >= 11 is 0. The summed E-state index contributed by atoms with van der Waals surface area (Å²) in [6.45, 7) is 11.4. The van der Waals surface area contributed by atoms with Crippen molar-refractivity contribution >= 4 is 9.76 Å². The van der Waals surface area contributed by atoms with E-state index >= 15 is 0 Å². The zero-order chi connectivity index (χ0) is 12.4. The molecule has 0 amide bonds. The maximum absolute atomic E-state index is 9.94. The Labute approximate surface area is 101 Å². The molecule has 1 rings (SSSR count). The molecule has 1 aliphatic heterocycles. The predicted molar refractivity (Wildman–Crippen MR) is 68.4 cm³/mol. The zero-order valence-electron chi connectivity index (χ0n) is 11.2. The third-order valence-corrected chi connectivity index (χ3v) is 4.61. The van der Waals surface area contributed by atoms with Crippen molar-refractivity contribution in [1.82, 2.24) is 0 Å². The number of hydrogen-bond acceptors (Lipinski definition) is 3. The molecule has 0 bridgehead atoms. The molecule has 0 spiro atoms. The van der Waals surface area contributed by atoms with E-state index in [4.69, 9.17) is 9.16 Å².